The maximum atomic E-state index is 12.7. The molecule has 23 heavy (non-hydrogen) atoms. The summed E-state index contributed by atoms with van der Waals surface area (Å²) in [6.07, 6.45) is 1.55. The molecule has 0 aliphatic heterocycles. The third-order valence-corrected chi connectivity index (χ3v) is 5.19. The molecular weight excluding hydrogens is 469 g/mol. The second-order valence-corrected chi connectivity index (χ2v) is 7.66. The van der Waals surface area contributed by atoms with Crippen LogP contribution in [0.2, 0.25) is 0 Å². The van der Waals surface area contributed by atoms with Crippen molar-refractivity contribution in [1.82, 2.24) is 7.68 Å². The van der Waals surface area contributed by atoms with E-state index in [1.807, 2.05) is 21.0 Å². The lowest BCUT2D eigenvalue weighted by atomic mass is 10.0. The Kier molecular flexibility index (Phi) is 5.53. The molecule has 0 amide bonds. The molecule has 1 heterocycles. The molecule has 6 heteroatoms. The summed E-state index contributed by atoms with van der Waals surface area (Å²) >= 11 is 5.70. The molecule has 0 radical (unpaired) electrons. The highest BCUT2D eigenvalue weighted by atomic mass is 127. The number of ketones is 1. The maximum absolute atomic E-state index is 12.7. The molecule has 0 N–H and O–H groups in total. The molecular formula is C17H17BrIN3O. The smallest absolute Gasteiger partial charge is 0.222 e. The van der Waals surface area contributed by atoms with E-state index < -0.39 is 0 Å². The number of fused-ring (bicyclic) bond motifs is 1. The third-order valence-electron chi connectivity index (χ3n) is 3.47. The van der Waals surface area contributed by atoms with Crippen LogP contribution in [-0.2, 0) is 0 Å². The van der Waals surface area contributed by atoms with Gasteiger partial charge in [-0.25, -0.2) is 0 Å². The molecule has 1 aromatic carbocycles. The molecule has 2 aromatic rings. The third kappa shape index (κ3) is 3.61. The van der Waals surface area contributed by atoms with Crippen molar-refractivity contribution in [1.29, 1.82) is 5.26 Å². The van der Waals surface area contributed by atoms with Crippen molar-refractivity contribution >= 4 is 55.5 Å². The average Bonchev–Trinajstić information content (AvgIpc) is 2.79. The maximum Gasteiger partial charge on any atom is 0.222 e. The number of carbonyl (C=O) groups is 1. The van der Waals surface area contributed by atoms with Crippen molar-refractivity contribution in [2.24, 2.45) is 0 Å². The van der Waals surface area contributed by atoms with Crippen LogP contribution in [0, 0.1) is 11.3 Å². The molecule has 4 nitrogen and oxygen atoms in total. The van der Waals surface area contributed by atoms with E-state index in [-0.39, 0.29) is 11.4 Å². The lowest BCUT2D eigenvalue weighted by molar-refractivity contribution is 0.103. The normalized spacial score (nSPS) is 11.8. The van der Waals surface area contributed by atoms with Crippen LogP contribution in [0.3, 0.4) is 0 Å². The fourth-order valence-electron chi connectivity index (χ4n) is 2.35. The summed E-state index contributed by atoms with van der Waals surface area (Å²) < 4.78 is 2.84. The SMILES string of the molecule is CC(C)c1cc2cc(C(=O)/C(C#N)=C/N(C)C)n(I)c2cc1Br. The number of aromatic nitrogens is 1. The van der Waals surface area contributed by atoms with Gasteiger partial charge in [-0.3, -0.25) is 7.58 Å². The predicted molar refractivity (Wildman–Crippen MR) is 105 cm³/mol. The first-order valence-electron chi connectivity index (χ1n) is 7.10. The Morgan fingerprint density at radius 3 is 2.57 bits per heavy atom. The summed E-state index contributed by atoms with van der Waals surface area (Å²) in [6.45, 7) is 4.26. The van der Waals surface area contributed by atoms with E-state index in [0.717, 1.165) is 15.4 Å². The molecule has 0 bridgehead atoms. The number of carbonyl (C=O) groups excluding carboxylic acids is 1. The van der Waals surface area contributed by atoms with Crippen molar-refractivity contribution in [2.45, 2.75) is 19.8 Å². The van der Waals surface area contributed by atoms with Crippen LogP contribution in [0.15, 0.2) is 34.4 Å². The zero-order chi connectivity index (χ0) is 17.3. The second-order valence-electron chi connectivity index (χ2n) is 5.84. The van der Waals surface area contributed by atoms with Crippen LogP contribution in [0.1, 0.15) is 35.8 Å². The highest BCUT2D eigenvalue weighted by Crippen LogP contribution is 2.33. The molecule has 1 aromatic heterocycles. The van der Waals surface area contributed by atoms with E-state index >= 15 is 0 Å². The zero-order valence-electron chi connectivity index (χ0n) is 13.4. The highest BCUT2D eigenvalue weighted by Gasteiger charge is 2.20. The van der Waals surface area contributed by atoms with Gasteiger partial charge in [0.05, 0.1) is 28.4 Å². The van der Waals surface area contributed by atoms with Gasteiger partial charge in [0.15, 0.2) is 0 Å². The summed E-state index contributed by atoms with van der Waals surface area (Å²) in [5.41, 5.74) is 2.78. The predicted octanol–water partition coefficient (Wildman–Crippen LogP) is 4.88. The van der Waals surface area contributed by atoms with Gasteiger partial charge < -0.3 is 4.90 Å². The van der Waals surface area contributed by atoms with Crippen LogP contribution in [-0.4, -0.2) is 27.6 Å². The molecule has 0 spiro atoms. The quantitative estimate of drug-likeness (QED) is 0.268. The van der Waals surface area contributed by atoms with Gasteiger partial charge in [-0.15, -0.1) is 0 Å². The minimum Gasteiger partial charge on any atom is -0.382 e. The van der Waals surface area contributed by atoms with Gasteiger partial charge >= 0.3 is 0 Å². The van der Waals surface area contributed by atoms with Gasteiger partial charge in [-0.2, -0.15) is 5.26 Å². The van der Waals surface area contributed by atoms with Gasteiger partial charge in [0.1, 0.15) is 17.3 Å². The summed E-state index contributed by atoms with van der Waals surface area (Å²) in [7, 11) is 3.58. The van der Waals surface area contributed by atoms with E-state index in [1.165, 1.54) is 5.56 Å². The molecule has 0 atom stereocenters. The molecule has 0 saturated carbocycles. The van der Waals surface area contributed by atoms with Crippen LogP contribution in [0.25, 0.3) is 10.9 Å². The van der Waals surface area contributed by atoms with Crippen molar-refractivity contribution in [2.75, 3.05) is 14.1 Å². The highest BCUT2D eigenvalue weighted by molar-refractivity contribution is 14.1. The van der Waals surface area contributed by atoms with Gasteiger partial charge in [-0.1, -0.05) is 29.8 Å². The van der Waals surface area contributed by atoms with E-state index in [4.69, 9.17) is 0 Å². The van der Waals surface area contributed by atoms with Gasteiger partial charge in [0.2, 0.25) is 5.78 Å². The lowest BCUT2D eigenvalue weighted by Gasteiger charge is -2.09. The minimum atomic E-state index is -0.269. The summed E-state index contributed by atoms with van der Waals surface area (Å²) in [5, 5.41) is 10.2. The zero-order valence-corrected chi connectivity index (χ0v) is 17.1. The monoisotopic (exact) mass is 485 g/mol. The standard InChI is InChI=1S/C17H17BrIN3O/c1-10(2)13-5-11-6-16(22(19)15(11)7-14(13)18)17(23)12(8-20)9-21(3)4/h5-7,9-10H,1-4H3/b12-9+. The van der Waals surface area contributed by atoms with Crippen molar-refractivity contribution in [3.8, 4) is 6.07 Å². The molecule has 0 aliphatic rings. The van der Waals surface area contributed by atoms with Crippen molar-refractivity contribution in [3.05, 3.63) is 45.7 Å². The van der Waals surface area contributed by atoms with E-state index in [9.17, 15) is 10.1 Å². The molecule has 120 valence electrons. The molecule has 0 fully saturated rings. The number of hydrogen-bond donors (Lipinski definition) is 0. The first-order valence-corrected chi connectivity index (χ1v) is 8.86. The number of nitriles is 1. The molecule has 0 unspecified atom stereocenters. The first kappa shape index (κ1) is 18.0. The Morgan fingerprint density at radius 2 is 2.04 bits per heavy atom. The van der Waals surface area contributed by atoms with Gasteiger partial charge in [0.25, 0.3) is 0 Å². The largest absolute Gasteiger partial charge is 0.382 e. The molecule has 2 rings (SSSR count). The van der Waals surface area contributed by atoms with Gasteiger partial charge in [0, 0.05) is 30.2 Å². The minimum absolute atomic E-state index is 0.124. The second kappa shape index (κ2) is 7.05. The summed E-state index contributed by atoms with van der Waals surface area (Å²) in [6, 6.07) is 7.96. The number of allylic oxidation sites excluding steroid dienone is 1. The van der Waals surface area contributed by atoms with Crippen LogP contribution >= 0.6 is 38.8 Å². The Bertz CT molecular complexity index is 844. The average molecular weight is 486 g/mol. The number of rotatable bonds is 4. The van der Waals surface area contributed by atoms with Crippen molar-refractivity contribution in [3.63, 3.8) is 0 Å². The number of hydrogen-bond acceptors (Lipinski definition) is 3. The Labute approximate surface area is 158 Å². The van der Waals surface area contributed by atoms with Crippen LogP contribution < -0.4 is 0 Å². The van der Waals surface area contributed by atoms with Crippen LogP contribution in [0.4, 0.5) is 0 Å². The Morgan fingerprint density at radius 1 is 1.39 bits per heavy atom. The Hall–Kier alpha value is -1.33. The fraction of sp³-hybridized carbons (Fsp3) is 0.294. The number of nitrogens with zero attached hydrogens (tertiary/aromatic N) is 3. The fourth-order valence-corrected chi connectivity index (χ4v) is 3.91. The summed E-state index contributed by atoms with van der Waals surface area (Å²) in [4.78, 5) is 14.3. The van der Waals surface area contributed by atoms with Crippen molar-refractivity contribution < 1.29 is 4.79 Å². The van der Waals surface area contributed by atoms with Gasteiger partial charge in [-0.05, 0) is 29.7 Å². The lowest BCUT2D eigenvalue weighted by Crippen LogP contribution is -2.10. The summed E-state index contributed by atoms with van der Waals surface area (Å²) in [5.74, 6) is 0.114. The number of halogens is 2. The van der Waals surface area contributed by atoms with E-state index in [1.54, 1.807) is 25.2 Å². The topological polar surface area (TPSA) is 49.0 Å². The first-order chi connectivity index (χ1) is 10.8. The Balaban J connectivity index is 2.61. The number of benzene rings is 1. The molecule has 0 saturated heterocycles. The van der Waals surface area contributed by atoms with Crippen LogP contribution in [0.5, 0.6) is 0 Å². The molecule has 0 aliphatic carbocycles. The van der Waals surface area contributed by atoms with E-state index in [2.05, 4.69) is 58.7 Å². The van der Waals surface area contributed by atoms with E-state index in [0.29, 0.717) is 11.6 Å². The number of Topliss-reactive ketones (excluding diaryl/α,β-unsaturated/α-hetero) is 1.